The molecule has 0 fully saturated rings. The summed E-state index contributed by atoms with van der Waals surface area (Å²) in [6.07, 6.45) is -4.46. The largest absolute Gasteiger partial charge is 0.403 e. The molecule has 1 nitrogen and oxygen atoms in total. The normalized spacial score (nSPS) is 18.0. The second kappa shape index (κ2) is 3.96. The Labute approximate surface area is 76.0 Å². The molecular weight excluding hydrogens is 248 g/mol. The lowest BCUT2D eigenvalue weighted by atomic mass is 10.3. The lowest BCUT2D eigenvalue weighted by Crippen LogP contribution is -2.41. The van der Waals surface area contributed by atoms with E-state index in [2.05, 4.69) is 20.7 Å². The highest BCUT2D eigenvalue weighted by Crippen LogP contribution is 2.39. The van der Waals surface area contributed by atoms with Crippen molar-refractivity contribution in [3.63, 3.8) is 0 Å². The molecular formula is C5H7BrClF3O. The zero-order chi connectivity index (χ0) is 9.12. The van der Waals surface area contributed by atoms with Crippen molar-refractivity contribution < 1.29 is 17.9 Å². The Morgan fingerprint density at radius 1 is 1.45 bits per heavy atom. The van der Waals surface area contributed by atoms with Crippen molar-refractivity contribution in [3.05, 3.63) is 0 Å². The average Bonchev–Trinajstić information content (AvgIpc) is 1.87. The van der Waals surface area contributed by atoms with Crippen LogP contribution in [0.1, 0.15) is 6.42 Å². The molecule has 1 unspecified atom stereocenters. The van der Waals surface area contributed by atoms with Crippen molar-refractivity contribution in [1.82, 2.24) is 0 Å². The third-order valence-corrected chi connectivity index (χ3v) is 1.90. The first-order chi connectivity index (χ1) is 4.87. The summed E-state index contributed by atoms with van der Waals surface area (Å²) in [5.74, 6) is 0. The van der Waals surface area contributed by atoms with Crippen LogP contribution < -0.4 is 0 Å². The molecule has 0 spiro atoms. The minimum absolute atomic E-state index is 0.0476. The molecule has 1 atom stereocenters. The standard InChI is InChI=1S/C5H7BrClF3O/c1-11-5(9,10)4(7,8)2-3-6/h2-3H2,1H3. The van der Waals surface area contributed by atoms with Gasteiger partial charge in [-0.15, -0.1) is 0 Å². The summed E-state index contributed by atoms with van der Waals surface area (Å²) < 4.78 is 41.1. The minimum atomic E-state index is -3.94. The summed E-state index contributed by atoms with van der Waals surface area (Å²) in [5.41, 5.74) is 0. The van der Waals surface area contributed by atoms with E-state index in [4.69, 9.17) is 11.6 Å². The highest BCUT2D eigenvalue weighted by atomic mass is 79.9. The Balaban J connectivity index is 4.26. The Morgan fingerprint density at radius 3 is 2.18 bits per heavy atom. The highest BCUT2D eigenvalue weighted by molar-refractivity contribution is 9.09. The van der Waals surface area contributed by atoms with Gasteiger partial charge in [0.2, 0.25) is 0 Å². The van der Waals surface area contributed by atoms with Gasteiger partial charge in [-0.2, -0.15) is 8.78 Å². The smallest absolute Gasteiger partial charge is 0.320 e. The van der Waals surface area contributed by atoms with Gasteiger partial charge in [0.1, 0.15) is 0 Å². The van der Waals surface area contributed by atoms with E-state index in [1.807, 2.05) is 0 Å². The Bertz CT molecular complexity index is 131. The van der Waals surface area contributed by atoms with Crippen LogP contribution in [0.2, 0.25) is 0 Å². The number of methoxy groups -OCH3 is 1. The van der Waals surface area contributed by atoms with Crippen LogP contribution in [0.4, 0.5) is 13.2 Å². The van der Waals surface area contributed by atoms with E-state index in [-0.39, 0.29) is 5.33 Å². The maximum Gasteiger partial charge on any atom is 0.403 e. The summed E-state index contributed by atoms with van der Waals surface area (Å²) in [6, 6.07) is 0. The van der Waals surface area contributed by atoms with Gasteiger partial charge >= 0.3 is 6.11 Å². The van der Waals surface area contributed by atoms with Crippen molar-refractivity contribution in [3.8, 4) is 0 Å². The Morgan fingerprint density at radius 2 is 1.91 bits per heavy atom. The van der Waals surface area contributed by atoms with Gasteiger partial charge in [0.25, 0.3) is 5.13 Å². The third-order valence-electron chi connectivity index (χ3n) is 1.09. The zero-order valence-corrected chi connectivity index (χ0v) is 8.05. The molecule has 0 aliphatic rings. The van der Waals surface area contributed by atoms with Crippen LogP contribution in [-0.4, -0.2) is 23.7 Å². The van der Waals surface area contributed by atoms with Gasteiger partial charge in [0.15, 0.2) is 0 Å². The molecule has 0 aromatic rings. The van der Waals surface area contributed by atoms with Gasteiger partial charge in [-0.1, -0.05) is 27.5 Å². The van der Waals surface area contributed by atoms with Crippen molar-refractivity contribution >= 4 is 27.5 Å². The SMILES string of the molecule is COC(F)(F)C(F)(Cl)CCBr. The van der Waals surface area contributed by atoms with E-state index < -0.39 is 17.7 Å². The summed E-state index contributed by atoms with van der Waals surface area (Å²) in [6.45, 7) is 0. The molecule has 0 amide bonds. The molecule has 0 N–H and O–H groups in total. The molecule has 0 bridgehead atoms. The maximum atomic E-state index is 12.7. The molecule has 0 radical (unpaired) electrons. The van der Waals surface area contributed by atoms with Crippen molar-refractivity contribution in [2.45, 2.75) is 17.7 Å². The molecule has 0 aromatic carbocycles. The van der Waals surface area contributed by atoms with Gasteiger partial charge in [-0.3, -0.25) is 0 Å². The third kappa shape index (κ3) is 2.80. The quantitative estimate of drug-likeness (QED) is 0.702. The molecule has 0 aromatic heterocycles. The molecule has 11 heavy (non-hydrogen) atoms. The second-order valence-electron chi connectivity index (χ2n) is 1.86. The molecule has 0 saturated heterocycles. The predicted octanol–water partition coefficient (Wildman–Crippen LogP) is 2.92. The first kappa shape index (κ1) is 11.5. The lowest BCUT2D eigenvalue weighted by molar-refractivity contribution is -0.273. The molecule has 0 saturated carbocycles. The number of alkyl halides is 5. The van der Waals surface area contributed by atoms with E-state index in [1.165, 1.54) is 0 Å². The summed E-state index contributed by atoms with van der Waals surface area (Å²) in [4.78, 5) is 0. The fourth-order valence-electron chi connectivity index (χ4n) is 0.414. The number of ether oxygens (including phenoxy) is 1. The first-order valence-electron chi connectivity index (χ1n) is 2.74. The number of hydrogen-bond acceptors (Lipinski definition) is 1. The van der Waals surface area contributed by atoms with Gasteiger partial charge in [-0.25, -0.2) is 4.39 Å². The summed E-state index contributed by atoms with van der Waals surface area (Å²) in [7, 11) is 0.699. The molecule has 0 heterocycles. The average molecular weight is 255 g/mol. The van der Waals surface area contributed by atoms with Gasteiger partial charge in [-0.05, 0) is 0 Å². The molecule has 6 heteroatoms. The maximum absolute atomic E-state index is 12.7. The highest BCUT2D eigenvalue weighted by Gasteiger charge is 2.54. The number of rotatable bonds is 4. The first-order valence-corrected chi connectivity index (χ1v) is 4.24. The zero-order valence-electron chi connectivity index (χ0n) is 5.71. The fourth-order valence-corrected chi connectivity index (χ4v) is 1.36. The fraction of sp³-hybridized carbons (Fsp3) is 1.00. The monoisotopic (exact) mass is 254 g/mol. The number of hydrogen-bond donors (Lipinski definition) is 0. The van der Waals surface area contributed by atoms with Crippen LogP contribution in [0, 0.1) is 0 Å². The number of halogens is 5. The van der Waals surface area contributed by atoms with Gasteiger partial charge < -0.3 is 4.74 Å². The molecule has 0 aliphatic carbocycles. The van der Waals surface area contributed by atoms with Crippen molar-refractivity contribution in [2.75, 3.05) is 12.4 Å². The van der Waals surface area contributed by atoms with Crippen LogP contribution in [0.15, 0.2) is 0 Å². The van der Waals surface area contributed by atoms with E-state index in [0.29, 0.717) is 7.11 Å². The van der Waals surface area contributed by atoms with E-state index in [1.54, 1.807) is 0 Å². The second-order valence-corrected chi connectivity index (χ2v) is 3.26. The topological polar surface area (TPSA) is 9.23 Å². The Hall–Kier alpha value is 0.520. The van der Waals surface area contributed by atoms with E-state index >= 15 is 0 Å². The Kier molecular flexibility index (Phi) is 4.15. The summed E-state index contributed by atoms with van der Waals surface area (Å²) in [5, 5.41) is -3.09. The predicted molar refractivity (Wildman–Crippen MR) is 40.1 cm³/mol. The van der Waals surface area contributed by atoms with Gasteiger partial charge in [0.05, 0.1) is 0 Å². The molecule has 68 valence electrons. The lowest BCUT2D eigenvalue weighted by Gasteiger charge is -2.25. The van der Waals surface area contributed by atoms with Crippen molar-refractivity contribution in [2.24, 2.45) is 0 Å². The van der Waals surface area contributed by atoms with Gasteiger partial charge in [0, 0.05) is 18.9 Å². The molecule has 0 aliphatic heterocycles. The minimum Gasteiger partial charge on any atom is -0.320 e. The molecule has 0 rings (SSSR count). The van der Waals surface area contributed by atoms with Crippen molar-refractivity contribution in [1.29, 1.82) is 0 Å². The van der Waals surface area contributed by atoms with E-state index in [9.17, 15) is 13.2 Å². The van der Waals surface area contributed by atoms with E-state index in [0.717, 1.165) is 0 Å². The van der Waals surface area contributed by atoms with Crippen LogP contribution in [0.25, 0.3) is 0 Å². The van der Waals surface area contributed by atoms with Crippen LogP contribution in [0.3, 0.4) is 0 Å². The van der Waals surface area contributed by atoms with Crippen LogP contribution in [-0.2, 0) is 4.74 Å². The van der Waals surface area contributed by atoms with Crippen LogP contribution >= 0.6 is 27.5 Å². The van der Waals surface area contributed by atoms with Crippen LogP contribution in [0.5, 0.6) is 0 Å². The summed E-state index contributed by atoms with van der Waals surface area (Å²) >= 11 is 7.65.